The van der Waals surface area contributed by atoms with Gasteiger partial charge in [-0.2, -0.15) is 0 Å². The van der Waals surface area contributed by atoms with Crippen molar-refractivity contribution in [1.82, 2.24) is 0 Å². The predicted molar refractivity (Wildman–Crippen MR) is 88.2 cm³/mol. The van der Waals surface area contributed by atoms with Crippen LogP contribution in [0.2, 0.25) is 0 Å². The second kappa shape index (κ2) is 5.94. The number of nitrogens with one attached hydrogen (secondary N) is 1. The van der Waals surface area contributed by atoms with Crippen molar-refractivity contribution in [3.8, 4) is 0 Å². The lowest BCUT2D eigenvalue weighted by Gasteiger charge is -2.13. The van der Waals surface area contributed by atoms with E-state index in [0.717, 1.165) is 6.07 Å². The fraction of sp³-hybridized carbons (Fsp3) is 0.0769. The SMILES string of the molecule is Cc1cc(F)cc(NS(=O)(=O)c2c(N)cc(Br)cc2Br)c1. The zero-order valence-corrected chi connectivity index (χ0v) is 14.8. The highest BCUT2D eigenvalue weighted by atomic mass is 79.9. The first-order valence-electron chi connectivity index (χ1n) is 5.73. The second-order valence-corrected chi connectivity index (χ2v) is 7.82. The van der Waals surface area contributed by atoms with Crippen molar-refractivity contribution in [2.45, 2.75) is 11.8 Å². The number of hydrogen-bond acceptors (Lipinski definition) is 3. The number of anilines is 2. The van der Waals surface area contributed by atoms with Crippen molar-refractivity contribution in [2.75, 3.05) is 10.5 Å². The summed E-state index contributed by atoms with van der Waals surface area (Å²) in [5.41, 5.74) is 6.60. The Kier molecular flexibility index (Phi) is 4.60. The van der Waals surface area contributed by atoms with E-state index in [0.29, 0.717) is 14.5 Å². The van der Waals surface area contributed by atoms with Gasteiger partial charge >= 0.3 is 0 Å². The molecule has 2 rings (SSSR count). The highest BCUT2D eigenvalue weighted by Crippen LogP contribution is 2.33. The molecular formula is C13H11Br2FN2O2S. The van der Waals surface area contributed by atoms with Gasteiger partial charge in [0.25, 0.3) is 10.0 Å². The maximum absolute atomic E-state index is 13.3. The third-order valence-corrected chi connectivity index (χ3v) is 5.44. The van der Waals surface area contributed by atoms with Gasteiger partial charge in [-0.1, -0.05) is 15.9 Å². The van der Waals surface area contributed by atoms with Gasteiger partial charge in [-0.15, -0.1) is 0 Å². The Labute approximate surface area is 138 Å². The van der Waals surface area contributed by atoms with Crippen molar-refractivity contribution in [2.24, 2.45) is 0 Å². The van der Waals surface area contributed by atoms with Gasteiger partial charge in [0.05, 0.1) is 11.4 Å². The molecule has 0 heterocycles. The Balaban J connectivity index is 2.48. The molecule has 0 spiro atoms. The molecule has 4 nitrogen and oxygen atoms in total. The molecule has 0 saturated heterocycles. The molecule has 8 heteroatoms. The molecule has 0 bridgehead atoms. The summed E-state index contributed by atoms with van der Waals surface area (Å²) in [6.45, 7) is 1.67. The summed E-state index contributed by atoms with van der Waals surface area (Å²) in [5.74, 6) is -0.518. The molecule has 112 valence electrons. The highest BCUT2D eigenvalue weighted by Gasteiger charge is 2.22. The summed E-state index contributed by atoms with van der Waals surface area (Å²) >= 11 is 6.40. The van der Waals surface area contributed by atoms with Gasteiger partial charge in [-0.05, 0) is 58.7 Å². The third-order valence-electron chi connectivity index (χ3n) is 2.60. The molecule has 0 saturated carbocycles. The van der Waals surface area contributed by atoms with Crippen LogP contribution in [-0.2, 0) is 10.0 Å². The number of aryl methyl sites for hydroxylation is 1. The number of benzene rings is 2. The van der Waals surface area contributed by atoms with Crippen molar-refractivity contribution >= 4 is 53.3 Å². The van der Waals surface area contributed by atoms with Crippen LogP contribution in [0.1, 0.15) is 5.56 Å². The molecule has 0 atom stereocenters. The Bertz CT molecular complexity index is 767. The van der Waals surface area contributed by atoms with E-state index in [4.69, 9.17) is 5.73 Å². The van der Waals surface area contributed by atoms with Crippen LogP contribution in [0.3, 0.4) is 0 Å². The molecule has 0 amide bonds. The van der Waals surface area contributed by atoms with Crippen molar-refractivity contribution in [1.29, 1.82) is 0 Å². The maximum atomic E-state index is 13.3. The van der Waals surface area contributed by atoms with Crippen molar-refractivity contribution in [3.05, 3.63) is 50.7 Å². The van der Waals surface area contributed by atoms with Crippen LogP contribution in [0.5, 0.6) is 0 Å². The zero-order chi connectivity index (χ0) is 15.8. The minimum atomic E-state index is -3.93. The first-order valence-corrected chi connectivity index (χ1v) is 8.80. The molecule has 2 aromatic rings. The summed E-state index contributed by atoms with van der Waals surface area (Å²) in [4.78, 5) is -0.0902. The molecule has 3 N–H and O–H groups in total. The minimum absolute atomic E-state index is 0.0804. The predicted octanol–water partition coefficient (Wildman–Crippen LogP) is 4.04. The van der Waals surface area contributed by atoms with Crippen molar-refractivity contribution < 1.29 is 12.8 Å². The van der Waals surface area contributed by atoms with E-state index < -0.39 is 15.8 Å². The smallest absolute Gasteiger partial charge is 0.265 e. The van der Waals surface area contributed by atoms with E-state index >= 15 is 0 Å². The van der Waals surface area contributed by atoms with Gasteiger partial charge in [-0.3, -0.25) is 4.72 Å². The molecule has 2 aromatic carbocycles. The van der Waals surface area contributed by atoms with E-state index in [-0.39, 0.29) is 16.3 Å². The number of nitrogens with two attached hydrogens (primary N) is 1. The Morgan fingerprint density at radius 2 is 1.81 bits per heavy atom. The third kappa shape index (κ3) is 3.75. The van der Waals surface area contributed by atoms with E-state index in [9.17, 15) is 12.8 Å². The van der Waals surface area contributed by atoms with Gasteiger partial charge in [0, 0.05) is 8.95 Å². The molecule has 0 radical (unpaired) electrons. The Hall–Kier alpha value is -1.12. The van der Waals surface area contributed by atoms with E-state index in [1.54, 1.807) is 13.0 Å². The fourth-order valence-corrected chi connectivity index (χ4v) is 4.98. The van der Waals surface area contributed by atoms with Crippen LogP contribution in [0, 0.1) is 12.7 Å². The largest absolute Gasteiger partial charge is 0.398 e. The summed E-state index contributed by atoms with van der Waals surface area (Å²) < 4.78 is 41.5. The molecule has 0 aliphatic rings. The molecule has 0 aliphatic heterocycles. The lowest BCUT2D eigenvalue weighted by atomic mass is 10.2. The van der Waals surface area contributed by atoms with Gasteiger partial charge in [-0.25, -0.2) is 12.8 Å². The number of rotatable bonds is 3. The summed E-state index contributed by atoms with van der Waals surface area (Å²) in [6.07, 6.45) is 0. The first-order chi connectivity index (χ1) is 9.69. The van der Waals surface area contributed by atoms with Gasteiger partial charge in [0.1, 0.15) is 10.7 Å². The molecule has 0 aromatic heterocycles. The van der Waals surface area contributed by atoms with Gasteiger partial charge in [0.2, 0.25) is 0 Å². The van der Waals surface area contributed by atoms with Crippen LogP contribution in [-0.4, -0.2) is 8.42 Å². The normalized spacial score (nSPS) is 11.4. The molecule has 0 aliphatic carbocycles. The standard InChI is InChI=1S/C13H11Br2FN2O2S/c1-7-2-9(16)6-10(3-7)18-21(19,20)13-11(15)4-8(14)5-12(13)17/h2-6,18H,17H2,1H3. The monoisotopic (exact) mass is 436 g/mol. The minimum Gasteiger partial charge on any atom is -0.398 e. The van der Waals surface area contributed by atoms with Crippen LogP contribution >= 0.6 is 31.9 Å². The summed E-state index contributed by atoms with van der Waals surface area (Å²) in [7, 11) is -3.93. The number of hydrogen-bond donors (Lipinski definition) is 2. The fourth-order valence-electron chi connectivity index (χ4n) is 1.87. The van der Waals surface area contributed by atoms with Crippen molar-refractivity contribution in [3.63, 3.8) is 0 Å². The molecule has 21 heavy (non-hydrogen) atoms. The van der Waals surface area contributed by atoms with E-state index in [1.807, 2.05) is 0 Å². The average Bonchev–Trinajstić information content (AvgIpc) is 2.23. The maximum Gasteiger partial charge on any atom is 0.265 e. The Morgan fingerprint density at radius 3 is 2.38 bits per heavy atom. The molecule has 0 unspecified atom stereocenters. The van der Waals surface area contributed by atoms with Crippen LogP contribution in [0.15, 0.2) is 44.2 Å². The van der Waals surface area contributed by atoms with Gasteiger partial charge < -0.3 is 5.73 Å². The molecular weight excluding hydrogens is 427 g/mol. The Morgan fingerprint density at radius 1 is 1.14 bits per heavy atom. The number of nitrogen functional groups attached to an aromatic ring is 1. The van der Waals surface area contributed by atoms with Gasteiger partial charge in [0.15, 0.2) is 0 Å². The van der Waals surface area contributed by atoms with E-state index in [1.165, 1.54) is 18.2 Å². The quantitative estimate of drug-likeness (QED) is 0.711. The average molecular weight is 438 g/mol. The van der Waals surface area contributed by atoms with Crippen LogP contribution in [0.4, 0.5) is 15.8 Å². The number of halogens is 3. The zero-order valence-electron chi connectivity index (χ0n) is 10.8. The van der Waals surface area contributed by atoms with E-state index in [2.05, 4.69) is 36.6 Å². The topological polar surface area (TPSA) is 72.2 Å². The number of sulfonamides is 1. The van der Waals surface area contributed by atoms with Crippen LogP contribution in [0.25, 0.3) is 0 Å². The lowest BCUT2D eigenvalue weighted by molar-refractivity contribution is 0.601. The lowest BCUT2D eigenvalue weighted by Crippen LogP contribution is -2.15. The summed E-state index contributed by atoms with van der Waals surface area (Å²) in [5, 5.41) is 0. The second-order valence-electron chi connectivity index (χ2n) is 4.43. The summed E-state index contributed by atoms with van der Waals surface area (Å²) in [6, 6.07) is 7.00. The first kappa shape index (κ1) is 16.3. The van der Waals surface area contributed by atoms with Crippen LogP contribution < -0.4 is 10.5 Å². The molecule has 0 fully saturated rings. The highest BCUT2D eigenvalue weighted by molar-refractivity contribution is 9.11.